The molecule has 1 fully saturated rings. The van der Waals surface area contributed by atoms with Gasteiger partial charge in [-0.05, 0) is 36.6 Å². The molecule has 1 saturated heterocycles. The van der Waals surface area contributed by atoms with Gasteiger partial charge in [-0.3, -0.25) is 14.5 Å². The number of rotatable bonds is 8. The van der Waals surface area contributed by atoms with Gasteiger partial charge >= 0.3 is 5.97 Å². The zero-order valence-electron chi connectivity index (χ0n) is 17.9. The first-order chi connectivity index (χ1) is 14.4. The Labute approximate surface area is 189 Å². The molecule has 0 saturated carbocycles. The van der Waals surface area contributed by atoms with Gasteiger partial charge in [0.05, 0.1) is 17.4 Å². The van der Waals surface area contributed by atoms with Crippen molar-refractivity contribution in [2.45, 2.75) is 46.1 Å². The zero-order chi connectivity index (χ0) is 23.5. The van der Waals surface area contributed by atoms with Crippen LogP contribution in [0.25, 0.3) is 0 Å². The van der Waals surface area contributed by atoms with Gasteiger partial charge in [0.1, 0.15) is 11.6 Å². The summed E-state index contributed by atoms with van der Waals surface area (Å²) in [6.07, 6.45) is -0.973. The highest BCUT2D eigenvalue weighted by Gasteiger charge is 2.54. The number of β-lactam (4-membered cyclic amide) rings is 1. The van der Waals surface area contributed by atoms with Gasteiger partial charge in [0, 0.05) is 11.5 Å². The van der Waals surface area contributed by atoms with Gasteiger partial charge in [-0.25, -0.2) is 9.18 Å². The van der Waals surface area contributed by atoms with Crippen LogP contribution in [0, 0.1) is 17.2 Å². The van der Waals surface area contributed by atoms with Crippen molar-refractivity contribution in [1.82, 2.24) is 4.90 Å². The Morgan fingerprint density at radius 3 is 2.45 bits per heavy atom. The van der Waals surface area contributed by atoms with E-state index in [0.717, 1.165) is 11.0 Å². The molecule has 0 aromatic heterocycles. The third-order valence-corrected chi connectivity index (χ3v) is 6.82. The number of carboxylic acid groups (broad SMARTS) is 1. The second-order valence-electron chi connectivity index (χ2n) is 7.96. The molecule has 1 aliphatic rings. The van der Waals surface area contributed by atoms with Crippen molar-refractivity contribution < 1.29 is 33.7 Å². The molecule has 2 rings (SSSR count). The van der Waals surface area contributed by atoms with E-state index in [2.05, 4.69) is 0 Å². The van der Waals surface area contributed by atoms with Crippen molar-refractivity contribution in [2.24, 2.45) is 11.3 Å². The van der Waals surface area contributed by atoms with Crippen molar-refractivity contribution in [2.75, 3.05) is 5.75 Å². The predicted molar refractivity (Wildman–Crippen MR) is 118 cm³/mol. The fourth-order valence-corrected chi connectivity index (χ4v) is 4.94. The molecule has 0 aliphatic carbocycles. The van der Waals surface area contributed by atoms with Gasteiger partial charge in [-0.2, -0.15) is 0 Å². The maximum absolute atomic E-state index is 13.6. The fourth-order valence-electron chi connectivity index (χ4n) is 2.80. The standard InChI is InChI=1S/C21H26FNO6S2/c1-6-30-17-14(11(2)24)16(25)23(17)15(18(26)27)19(31-20(28)21(3,4)5)29-13-9-7-8-12(22)10-13/h7-11,14,17,24H,6H2,1-5H3,(H,26,27)/t11-,14+,17-/m1/s1. The molecule has 1 heterocycles. The van der Waals surface area contributed by atoms with Crippen LogP contribution in [0.4, 0.5) is 4.39 Å². The van der Waals surface area contributed by atoms with Gasteiger partial charge in [-0.1, -0.05) is 33.8 Å². The van der Waals surface area contributed by atoms with Crippen LogP contribution in [0.3, 0.4) is 0 Å². The van der Waals surface area contributed by atoms with Crippen molar-refractivity contribution in [3.63, 3.8) is 0 Å². The minimum atomic E-state index is -1.47. The Bertz CT molecular complexity index is 896. The number of benzene rings is 1. The lowest BCUT2D eigenvalue weighted by Crippen LogP contribution is -2.63. The molecule has 1 aromatic carbocycles. The van der Waals surface area contributed by atoms with Gasteiger partial charge in [-0.15, -0.1) is 11.8 Å². The molecule has 10 heteroatoms. The number of carboxylic acids is 1. The molecule has 0 bridgehead atoms. The molecule has 0 radical (unpaired) electrons. The number of nitrogens with zero attached hydrogens (tertiary/aromatic N) is 1. The largest absolute Gasteiger partial charge is 0.476 e. The first-order valence-corrected chi connectivity index (χ1v) is 11.5. The molecule has 1 amide bonds. The van der Waals surface area contributed by atoms with E-state index in [1.54, 1.807) is 20.8 Å². The maximum atomic E-state index is 13.6. The molecule has 1 aromatic rings. The molecule has 3 atom stereocenters. The van der Waals surface area contributed by atoms with Gasteiger partial charge in [0.2, 0.25) is 11.0 Å². The van der Waals surface area contributed by atoms with E-state index in [9.17, 15) is 29.0 Å². The minimum Gasteiger partial charge on any atom is -0.476 e. The lowest BCUT2D eigenvalue weighted by atomic mass is 9.92. The number of ether oxygens (including phenoxy) is 1. The molecular formula is C21H26FNO6S2. The van der Waals surface area contributed by atoms with Crippen LogP contribution < -0.4 is 4.74 Å². The number of carbonyl (C=O) groups excluding carboxylic acids is 2. The molecule has 0 unspecified atom stereocenters. The Balaban J connectivity index is 2.59. The average molecular weight is 472 g/mol. The number of aliphatic hydroxyl groups is 1. The number of aliphatic carboxylic acids is 1. The highest BCUT2D eigenvalue weighted by molar-refractivity contribution is 8.16. The summed E-state index contributed by atoms with van der Waals surface area (Å²) in [5.41, 5.74) is -1.34. The molecular weight excluding hydrogens is 445 g/mol. The van der Waals surface area contributed by atoms with Crippen LogP contribution in [-0.4, -0.2) is 49.3 Å². The number of thioether (sulfide) groups is 2. The monoisotopic (exact) mass is 471 g/mol. The van der Waals surface area contributed by atoms with E-state index in [1.807, 2.05) is 6.92 Å². The first kappa shape index (κ1) is 25.2. The Morgan fingerprint density at radius 1 is 1.32 bits per heavy atom. The summed E-state index contributed by atoms with van der Waals surface area (Å²) in [6, 6.07) is 5.05. The van der Waals surface area contributed by atoms with Crippen LogP contribution in [-0.2, 0) is 14.4 Å². The molecule has 7 nitrogen and oxygen atoms in total. The molecule has 2 N–H and O–H groups in total. The lowest BCUT2D eigenvalue weighted by Gasteiger charge is -2.47. The summed E-state index contributed by atoms with van der Waals surface area (Å²) >= 11 is 1.85. The molecule has 31 heavy (non-hydrogen) atoms. The number of carbonyl (C=O) groups is 3. The third-order valence-electron chi connectivity index (χ3n) is 4.38. The normalized spacial score (nSPS) is 20.6. The van der Waals surface area contributed by atoms with E-state index in [0.29, 0.717) is 17.5 Å². The second-order valence-corrected chi connectivity index (χ2v) is 10.3. The van der Waals surface area contributed by atoms with Gasteiger partial charge in [0.15, 0.2) is 10.8 Å². The predicted octanol–water partition coefficient (Wildman–Crippen LogP) is 3.68. The van der Waals surface area contributed by atoms with Gasteiger partial charge < -0.3 is 14.9 Å². The summed E-state index contributed by atoms with van der Waals surface area (Å²) in [7, 11) is 0. The number of amides is 1. The lowest BCUT2D eigenvalue weighted by molar-refractivity contribution is -0.157. The van der Waals surface area contributed by atoms with E-state index in [-0.39, 0.29) is 10.8 Å². The van der Waals surface area contributed by atoms with Crippen LogP contribution in [0.5, 0.6) is 5.75 Å². The number of hydrogen-bond acceptors (Lipinski definition) is 7. The van der Waals surface area contributed by atoms with Crippen molar-refractivity contribution in [3.8, 4) is 5.75 Å². The van der Waals surface area contributed by atoms with Crippen LogP contribution in [0.15, 0.2) is 35.1 Å². The minimum absolute atomic E-state index is 0.0114. The first-order valence-electron chi connectivity index (χ1n) is 9.64. The smallest absolute Gasteiger partial charge is 0.357 e. The molecule has 1 aliphatic heterocycles. The Kier molecular flexibility index (Phi) is 8.18. The fraction of sp³-hybridized carbons (Fsp3) is 0.476. The molecule has 170 valence electrons. The third kappa shape index (κ3) is 5.81. The van der Waals surface area contributed by atoms with E-state index < -0.39 is 51.3 Å². The van der Waals surface area contributed by atoms with Crippen molar-refractivity contribution in [3.05, 3.63) is 40.9 Å². The summed E-state index contributed by atoms with van der Waals surface area (Å²) in [5, 5.41) is 18.6. The molecule has 0 spiro atoms. The topological polar surface area (TPSA) is 104 Å². The van der Waals surface area contributed by atoms with Crippen molar-refractivity contribution in [1.29, 1.82) is 0 Å². The van der Waals surface area contributed by atoms with E-state index >= 15 is 0 Å². The van der Waals surface area contributed by atoms with Gasteiger partial charge in [0.25, 0.3) is 0 Å². The number of likely N-dealkylation sites (tertiary alicyclic amines) is 1. The van der Waals surface area contributed by atoms with Crippen molar-refractivity contribution >= 4 is 40.5 Å². The summed E-state index contributed by atoms with van der Waals surface area (Å²) < 4.78 is 19.3. The van der Waals surface area contributed by atoms with Crippen LogP contribution >= 0.6 is 23.5 Å². The SMILES string of the molecule is CCS[C@@H]1[C@@H]([C@@H](C)O)C(=O)N1C(C(=O)O)=C(Oc1cccc(F)c1)SC(=O)C(C)(C)C. The highest BCUT2D eigenvalue weighted by atomic mass is 32.2. The summed E-state index contributed by atoms with van der Waals surface area (Å²) in [5.74, 6) is -2.88. The van der Waals surface area contributed by atoms with E-state index in [1.165, 1.54) is 36.9 Å². The van der Waals surface area contributed by atoms with E-state index in [4.69, 9.17) is 4.74 Å². The highest BCUT2D eigenvalue weighted by Crippen LogP contribution is 2.43. The number of halogens is 1. The van der Waals surface area contributed by atoms with Crippen LogP contribution in [0.2, 0.25) is 0 Å². The average Bonchev–Trinajstić information content (AvgIpc) is 2.63. The number of aliphatic hydroxyl groups excluding tert-OH is 1. The maximum Gasteiger partial charge on any atom is 0.357 e. The zero-order valence-corrected chi connectivity index (χ0v) is 19.6. The summed E-state index contributed by atoms with van der Waals surface area (Å²) in [4.78, 5) is 38.7. The second kappa shape index (κ2) is 10.1. The summed E-state index contributed by atoms with van der Waals surface area (Å²) in [6.45, 7) is 8.30. The quantitative estimate of drug-likeness (QED) is 0.336. The number of hydrogen-bond donors (Lipinski definition) is 2. The Hall–Kier alpha value is -2.04. The Morgan fingerprint density at radius 2 is 1.97 bits per heavy atom. The van der Waals surface area contributed by atoms with Crippen LogP contribution in [0.1, 0.15) is 34.6 Å².